The number of nitriles is 1. The van der Waals surface area contributed by atoms with Crippen LogP contribution in [0.2, 0.25) is 0 Å². The Bertz CT molecular complexity index is 1460. The second-order valence-corrected chi connectivity index (χ2v) is 8.06. The summed E-state index contributed by atoms with van der Waals surface area (Å²) < 4.78 is 7.85. The van der Waals surface area contributed by atoms with Gasteiger partial charge in [-0.3, -0.25) is 9.59 Å². The van der Waals surface area contributed by atoms with Gasteiger partial charge in [0.15, 0.2) is 5.75 Å². The maximum Gasteiger partial charge on any atom is 0.255 e. The number of aryl methyl sites for hydroxylation is 1. The average Bonchev–Trinajstić information content (AvgIpc) is 3.14. The first kappa shape index (κ1) is 20.5. The van der Waals surface area contributed by atoms with Crippen molar-refractivity contribution in [2.75, 3.05) is 20.1 Å². The lowest BCUT2D eigenvalue weighted by molar-refractivity contribution is 0.0576. The predicted octanol–water partition coefficient (Wildman–Crippen LogP) is 3.54. The van der Waals surface area contributed by atoms with Crippen LogP contribution in [0.5, 0.6) is 11.5 Å². The molecule has 0 atom stereocenters. The molecule has 5 rings (SSSR count). The molecule has 0 bridgehead atoms. The first-order chi connectivity index (χ1) is 16.0. The van der Waals surface area contributed by atoms with Crippen molar-refractivity contribution in [2.24, 2.45) is 5.92 Å². The zero-order valence-electron chi connectivity index (χ0n) is 18.2. The summed E-state index contributed by atoms with van der Waals surface area (Å²) in [7, 11) is 1.61. The van der Waals surface area contributed by atoms with Crippen LogP contribution in [0.15, 0.2) is 54.9 Å². The first-order valence-corrected chi connectivity index (χ1v) is 10.6. The molecule has 0 aliphatic carbocycles. The van der Waals surface area contributed by atoms with Gasteiger partial charge in [-0.05, 0) is 47.5 Å². The molecule has 3 heterocycles. The summed E-state index contributed by atoms with van der Waals surface area (Å²) in [4.78, 5) is 26.7. The van der Waals surface area contributed by atoms with Crippen LogP contribution in [0.3, 0.4) is 0 Å². The minimum atomic E-state index is -0.144. The molecular weight excluding hydrogens is 418 g/mol. The van der Waals surface area contributed by atoms with E-state index in [-0.39, 0.29) is 17.7 Å². The molecule has 4 aromatic rings. The summed E-state index contributed by atoms with van der Waals surface area (Å²) in [5.41, 5.74) is 2.62. The van der Waals surface area contributed by atoms with Gasteiger partial charge in [0.1, 0.15) is 11.3 Å². The lowest BCUT2D eigenvalue weighted by Gasteiger charge is -2.35. The van der Waals surface area contributed by atoms with E-state index in [0.717, 1.165) is 16.3 Å². The fourth-order valence-electron chi connectivity index (χ4n) is 4.20. The number of aromatic nitrogens is 2. The quantitative estimate of drug-likeness (QED) is 0.524. The van der Waals surface area contributed by atoms with E-state index in [1.807, 2.05) is 37.3 Å². The van der Waals surface area contributed by atoms with E-state index in [1.54, 1.807) is 41.0 Å². The summed E-state index contributed by atoms with van der Waals surface area (Å²) >= 11 is 0. The number of nitrogens with one attached hydrogen (secondary N) is 1. The van der Waals surface area contributed by atoms with Gasteiger partial charge in [-0.25, -0.2) is 4.52 Å². The first-order valence-electron chi connectivity index (χ1n) is 10.6. The van der Waals surface area contributed by atoms with Crippen molar-refractivity contribution in [3.63, 3.8) is 0 Å². The van der Waals surface area contributed by atoms with Crippen LogP contribution < -0.4 is 10.1 Å². The van der Waals surface area contributed by atoms with Crippen molar-refractivity contribution in [3.8, 4) is 17.6 Å². The smallest absolute Gasteiger partial charge is 0.255 e. The molecule has 8 nitrogen and oxygen atoms in total. The Morgan fingerprint density at radius 2 is 2.00 bits per heavy atom. The average molecular weight is 439 g/mol. The minimum absolute atomic E-state index is 0.0971. The highest BCUT2D eigenvalue weighted by molar-refractivity contribution is 6.07. The molecule has 2 aromatic heterocycles. The molecule has 33 heavy (non-hydrogen) atoms. The van der Waals surface area contributed by atoms with Gasteiger partial charge in [0.05, 0.1) is 23.7 Å². The number of carbonyl (C=O) groups excluding carboxylic acids is 2. The maximum atomic E-state index is 12.9. The number of hydrogen-bond donors (Lipinski definition) is 1. The van der Waals surface area contributed by atoms with Crippen molar-refractivity contribution in [1.82, 2.24) is 19.8 Å². The number of rotatable bonds is 4. The van der Waals surface area contributed by atoms with E-state index in [9.17, 15) is 9.59 Å². The summed E-state index contributed by atoms with van der Waals surface area (Å²) in [6.45, 7) is 2.77. The SMILES string of the molecule is CNC(=O)c1cccc2cc(Oc3ccnn4cc(C(=O)N5CC(C#N)C5)c(C)c34)ccc12. The lowest BCUT2D eigenvalue weighted by atomic mass is 10.0. The maximum absolute atomic E-state index is 12.9. The number of likely N-dealkylation sites (tertiary alicyclic amines) is 1. The monoisotopic (exact) mass is 439 g/mol. The normalized spacial score (nSPS) is 13.5. The largest absolute Gasteiger partial charge is 0.455 e. The van der Waals surface area contributed by atoms with Crippen LogP contribution in [0, 0.1) is 24.2 Å². The predicted molar refractivity (Wildman–Crippen MR) is 122 cm³/mol. The van der Waals surface area contributed by atoms with Crippen molar-refractivity contribution >= 4 is 28.1 Å². The van der Waals surface area contributed by atoms with Crippen LogP contribution in [0.25, 0.3) is 16.3 Å². The number of amides is 2. The van der Waals surface area contributed by atoms with Gasteiger partial charge in [-0.1, -0.05) is 12.1 Å². The number of benzene rings is 2. The molecule has 8 heteroatoms. The third kappa shape index (κ3) is 3.44. The van der Waals surface area contributed by atoms with Gasteiger partial charge >= 0.3 is 0 Å². The minimum Gasteiger partial charge on any atom is -0.455 e. The number of carbonyl (C=O) groups is 2. The van der Waals surface area contributed by atoms with Crippen molar-refractivity contribution < 1.29 is 14.3 Å². The van der Waals surface area contributed by atoms with Gasteiger partial charge in [-0.2, -0.15) is 10.4 Å². The van der Waals surface area contributed by atoms with Gasteiger partial charge in [0.2, 0.25) is 0 Å². The van der Waals surface area contributed by atoms with E-state index >= 15 is 0 Å². The molecule has 1 aliphatic rings. The summed E-state index contributed by atoms with van der Waals surface area (Å²) in [6, 6.07) is 15.1. The topological polar surface area (TPSA) is 99.7 Å². The second kappa shape index (κ2) is 7.95. The lowest BCUT2D eigenvalue weighted by Crippen LogP contribution is -2.49. The molecule has 1 fully saturated rings. The number of ether oxygens (including phenoxy) is 1. The summed E-state index contributed by atoms with van der Waals surface area (Å²) in [5.74, 6) is 0.831. The van der Waals surface area contributed by atoms with Gasteiger partial charge in [0, 0.05) is 38.0 Å². The Labute approximate surface area is 190 Å². The molecular formula is C25H21N5O3. The van der Waals surface area contributed by atoms with E-state index in [0.29, 0.717) is 41.2 Å². The molecule has 1 aliphatic heterocycles. The fourth-order valence-corrected chi connectivity index (χ4v) is 4.20. The third-order valence-corrected chi connectivity index (χ3v) is 6.02. The Balaban J connectivity index is 1.49. The molecule has 0 unspecified atom stereocenters. The second-order valence-electron chi connectivity index (χ2n) is 8.06. The fraction of sp³-hybridized carbons (Fsp3) is 0.200. The Kier molecular flexibility index (Phi) is 4.94. The zero-order chi connectivity index (χ0) is 23.1. The number of fused-ring (bicyclic) bond motifs is 2. The van der Waals surface area contributed by atoms with Crippen LogP contribution in [-0.4, -0.2) is 46.5 Å². The highest BCUT2D eigenvalue weighted by atomic mass is 16.5. The molecule has 2 aromatic carbocycles. The summed E-state index contributed by atoms with van der Waals surface area (Å²) in [5, 5.41) is 17.7. The molecule has 0 spiro atoms. The molecule has 2 amide bonds. The molecule has 1 saturated heterocycles. The van der Waals surface area contributed by atoms with Crippen LogP contribution in [-0.2, 0) is 0 Å². The van der Waals surface area contributed by atoms with E-state index in [1.165, 1.54) is 0 Å². The van der Waals surface area contributed by atoms with Crippen LogP contribution in [0.1, 0.15) is 26.3 Å². The highest BCUT2D eigenvalue weighted by Crippen LogP contribution is 2.33. The third-order valence-electron chi connectivity index (χ3n) is 6.02. The van der Waals surface area contributed by atoms with Crippen molar-refractivity contribution in [1.29, 1.82) is 5.26 Å². The summed E-state index contributed by atoms with van der Waals surface area (Å²) in [6.07, 6.45) is 3.33. The van der Waals surface area contributed by atoms with Crippen LogP contribution in [0.4, 0.5) is 0 Å². The Hall–Kier alpha value is -4.38. The molecule has 1 N–H and O–H groups in total. The number of nitrogens with zero attached hydrogens (tertiary/aromatic N) is 4. The number of hydrogen-bond acceptors (Lipinski definition) is 5. The van der Waals surface area contributed by atoms with E-state index < -0.39 is 0 Å². The Morgan fingerprint density at radius 3 is 2.76 bits per heavy atom. The molecule has 0 saturated carbocycles. The highest BCUT2D eigenvalue weighted by Gasteiger charge is 2.33. The van der Waals surface area contributed by atoms with Gasteiger partial charge in [-0.15, -0.1) is 0 Å². The standard InChI is InChI=1S/C25H21N5O3/c1-15-21(25(32)29-12-16(11-26)13-29)14-30-23(15)22(8-9-28-30)33-18-6-7-19-17(10-18)4-3-5-20(19)24(31)27-2/h3-10,14,16H,12-13H2,1-2H3,(H,27,31). The van der Waals surface area contributed by atoms with E-state index in [4.69, 9.17) is 10.00 Å². The molecule has 0 radical (unpaired) electrons. The van der Waals surface area contributed by atoms with Crippen molar-refractivity contribution in [2.45, 2.75) is 6.92 Å². The van der Waals surface area contributed by atoms with Gasteiger partial charge < -0.3 is 15.0 Å². The van der Waals surface area contributed by atoms with E-state index in [2.05, 4.69) is 16.5 Å². The Morgan fingerprint density at radius 1 is 1.18 bits per heavy atom. The zero-order valence-corrected chi connectivity index (χ0v) is 18.2. The molecule has 164 valence electrons. The van der Waals surface area contributed by atoms with Gasteiger partial charge in [0.25, 0.3) is 11.8 Å². The van der Waals surface area contributed by atoms with Crippen molar-refractivity contribution in [3.05, 3.63) is 71.5 Å². The van der Waals surface area contributed by atoms with Crippen LogP contribution >= 0.6 is 0 Å².